The van der Waals surface area contributed by atoms with Crippen LogP contribution in [0, 0.1) is 6.92 Å². The summed E-state index contributed by atoms with van der Waals surface area (Å²) in [6.07, 6.45) is 2.12. The Hall–Kier alpha value is -3.81. The Bertz CT molecular complexity index is 1250. The minimum Gasteiger partial charge on any atom is -0.358 e. The predicted octanol–water partition coefficient (Wildman–Crippen LogP) is 3.29. The fourth-order valence-corrected chi connectivity index (χ4v) is 3.56. The molecule has 29 heavy (non-hydrogen) atoms. The number of tetrazole rings is 1. The van der Waals surface area contributed by atoms with Crippen molar-refractivity contribution in [3.8, 4) is 11.4 Å². The number of anilines is 1. The number of carbonyl (C=O) groups is 2. The molecule has 144 valence electrons. The van der Waals surface area contributed by atoms with Gasteiger partial charge in [0.05, 0.1) is 11.6 Å². The molecule has 0 saturated heterocycles. The van der Waals surface area contributed by atoms with E-state index in [9.17, 15) is 9.59 Å². The van der Waals surface area contributed by atoms with Crippen molar-refractivity contribution in [2.24, 2.45) is 0 Å². The van der Waals surface area contributed by atoms with Gasteiger partial charge in [-0.05, 0) is 48.4 Å². The number of carbonyl (C=O) groups excluding carboxylic acids is 2. The van der Waals surface area contributed by atoms with Crippen molar-refractivity contribution in [2.45, 2.75) is 25.8 Å². The number of hydrogen-bond donors (Lipinski definition) is 2. The molecule has 8 nitrogen and oxygen atoms in total. The average molecular weight is 386 g/mol. The highest BCUT2D eigenvalue weighted by atomic mass is 16.2. The summed E-state index contributed by atoms with van der Waals surface area (Å²) < 4.78 is 1.81. The van der Waals surface area contributed by atoms with Gasteiger partial charge in [-0.1, -0.05) is 30.3 Å². The minimum absolute atomic E-state index is 0.338. The first kappa shape index (κ1) is 17.3. The average Bonchev–Trinajstić information content (AvgIpc) is 3.35. The number of aryl methyl sites for hydroxylation is 1. The lowest BCUT2D eigenvalue weighted by Gasteiger charge is -2.07. The number of hydrogen-bond acceptors (Lipinski definition) is 5. The summed E-state index contributed by atoms with van der Waals surface area (Å²) in [6, 6.07) is 15.0. The van der Waals surface area contributed by atoms with Gasteiger partial charge in [-0.25, -0.2) is 4.68 Å². The first-order valence-corrected chi connectivity index (χ1v) is 9.43. The van der Waals surface area contributed by atoms with Gasteiger partial charge >= 0.3 is 0 Å². The van der Waals surface area contributed by atoms with E-state index in [1.165, 1.54) is 0 Å². The molecule has 4 aromatic rings. The highest BCUT2D eigenvalue weighted by Crippen LogP contribution is 2.36. The van der Waals surface area contributed by atoms with E-state index in [1.54, 1.807) is 29.8 Å². The third-order valence-corrected chi connectivity index (χ3v) is 5.09. The number of aromatic nitrogens is 5. The molecule has 0 bridgehead atoms. The van der Waals surface area contributed by atoms with Gasteiger partial charge in [0.15, 0.2) is 5.82 Å². The van der Waals surface area contributed by atoms with E-state index >= 15 is 0 Å². The first-order valence-electron chi connectivity index (χ1n) is 9.43. The number of H-pyrrole nitrogens is 1. The summed E-state index contributed by atoms with van der Waals surface area (Å²) in [5.74, 6) is -0.604. The number of aromatic amines is 1. The maximum atomic E-state index is 12.8. The van der Waals surface area contributed by atoms with E-state index in [1.807, 2.05) is 30.3 Å². The molecule has 1 aliphatic rings. The van der Waals surface area contributed by atoms with Crippen LogP contribution >= 0.6 is 0 Å². The Morgan fingerprint density at radius 1 is 1.14 bits per heavy atom. The van der Waals surface area contributed by atoms with Crippen LogP contribution < -0.4 is 5.32 Å². The third kappa shape index (κ3) is 3.08. The van der Waals surface area contributed by atoms with E-state index in [0.29, 0.717) is 28.8 Å². The first-order chi connectivity index (χ1) is 14.1. The van der Waals surface area contributed by atoms with E-state index in [0.717, 1.165) is 29.3 Å². The van der Waals surface area contributed by atoms with Gasteiger partial charge in [0.25, 0.3) is 11.7 Å². The van der Waals surface area contributed by atoms with Gasteiger partial charge in [0.2, 0.25) is 0 Å². The number of rotatable bonds is 5. The number of fused-ring (bicyclic) bond motifs is 1. The molecule has 2 aromatic carbocycles. The van der Waals surface area contributed by atoms with E-state index < -0.39 is 11.7 Å². The summed E-state index contributed by atoms with van der Waals surface area (Å²) in [5, 5.41) is 15.4. The zero-order chi connectivity index (χ0) is 20.0. The van der Waals surface area contributed by atoms with Gasteiger partial charge in [-0.15, -0.1) is 5.10 Å². The molecule has 0 spiro atoms. The molecule has 2 N–H and O–H groups in total. The second-order valence-corrected chi connectivity index (χ2v) is 7.21. The van der Waals surface area contributed by atoms with E-state index in [4.69, 9.17) is 0 Å². The van der Waals surface area contributed by atoms with Crippen molar-refractivity contribution >= 4 is 28.3 Å². The lowest BCUT2D eigenvalue weighted by atomic mass is 10.1. The van der Waals surface area contributed by atoms with E-state index in [-0.39, 0.29) is 0 Å². The summed E-state index contributed by atoms with van der Waals surface area (Å²) in [6.45, 7) is 1.79. The zero-order valence-corrected chi connectivity index (χ0v) is 15.7. The van der Waals surface area contributed by atoms with Crippen LogP contribution in [0.2, 0.25) is 0 Å². The molecule has 2 heterocycles. The standard InChI is InChI=1S/C21H18N6O2/c1-12-18(16-7-2-3-8-17(16)22-12)19(28)21(29)23-14-6-4-5-13(11-14)20-24-25-26-27(20)15-9-10-15/h2-8,11,15,22H,9-10H2,1H3,(H,23,29). The third-order valence-electron chi connectivity index (χ3n) is 5.09. The molecule has 1 fully saturated rings. The molecule has 5 rings (SSSR count). The highest BCUT2D eigenvalue weighted by Gasteiger charge is 2.28. The Balaban J connectivity index is 1.41. The van der Waals surface area contributed by atoms with Crippen molar-refractivity contribution in [3.05, 3.63) is 59.8 Å². The van der Waals surface area contributed by atoms with Crippen molar-refractivity contribution < 1.29 is 9.59 Å². The summed E-state index contributed by atoms with van der Waals surface area (Å²) in [7, 11) is 0. The van der Waals surface area contributed by atoms with E-state index in [2.05, 4.69) is 25.8 Å². The molecule has 0 aliphatic heterocycles. The number of Topliss-reactive ketones (excluding diaryl/α,β-unsaturated/α-hetero) is 1. The van der Waals surface area contributed by atoms with Gasteiger partial charge < -0.3 is 10.3 Å². The smallest absolute Gasteiger partial charge is 0.296 e. The number of benzene rings is 2. The molecule has 0 atom stereocenters. The SMILES string of the molecule is Cc1[nH]c2ccccc2c1C(=O)C(=O)Nc1cccc(-c2nnnn2C2CC2)c1. The monoisotopic (exact) mass is 386 g/mol. The Morgan fingerprint density at radius 3 is 2.79 bits per heavy atom. The van der Waals surface area contributed by atoms with Crippen LogP contribution in [0.1, 0.15) is 34.9 Å². The highest BCUT2D eigenvalue weighted by molar-refractivity contribution is 6.48. The predicted molar refractivity (Wildman–Crippen MR) is 108 cm³/mol. The van der Waals surface area contributed by atoms with Gasteiger partial charge in [0.1, 0.15) is 0 Å². The Labute approximate surface area is 165 Å². The zero-order valence-electron chi connectivity index (χ0n) is 15.7. The summed E-state index contributed by atoms with van der Waals surface area (Å²) in [4.78, 5) is 28.7. The van der Waals surface area contributed by atoms with Crippen molar-refractivity contribution in [3.63, 3.8) is 0 Å². The molecule has 1 aliphatic carbocycles. The van der Waals surface area contributed by atoms with Crippen molar-refractivity contribution in [2.75, 3.05) is 5.32 Å². The van der Waals surface area contributed by atoms with Crippen LogP contribution in [-0.4, -0.2) is 36.9 Å². The topological polar surface area (TPSA) is 106 Å². The Kier molecular flexibility index (Phi) is 3.97. The normalized spacial score (nSPS) is 13.6. The maximum Gasteiger partial charge on any atom is 0.296 e. The van der Waals surface area contributed by atoms with Gasteiger partial charge in [-0.3, -0.25) is 9.59 Å². The minimum atomic E-state index is -0.684. The van der Waals surface area contributed by atoms with Crippen LogP contribution in [0.3, 0.4) is 0 Å². The fourth-order valence-electron chi connectivity index (χ4n) is 3.56. The van der Waals surface area contributed by atoms with Crippen LogP contribution in [0.25, 0.3) is 22.3 Å². The molecule has 0 unspecified atom stereocenters. The van der Waals surface area contributed by atoms with Crippen LogP contribution in [-0.2, 0) is 4.79 Å². The molecular formula is C21H18N6O2. The van der Waals surface area contributed by atoms with Gasteiger partial charge in [0, 0.05) is 27.8 Å². The van der Waals surface area contributed by atoms with Crippen LogP contribution in [0.4, 0.5) is 5.69 Å². The molecule has 2 aromatic heterocycles. The summed E-state index contributed by atoms with van der Waals surface area (Å²) >= 11 is 0. The molecule has 1 saturated carbocycles. The molecule has 0 radical (unpaired) electrons. The second-order valence-electron chi connectivity index (χ2n) is 7.21. The molecule has 8 heteroatoms. The largest absolute Gasteiger partial charge is 0.358 e. The summed E-state index contributed by atoms with van der Waals surface area (Å²) in [5.41, 5.74) is 3.20. The number of nitrogens with zero attached hydrogens (tertiary/aromatic N) is 4. The van der Waals surface area contributed by atoms with Crippen molar-refractivity contribution in [1.82, 2.24) is 25.2 Å². The Morgan fingerprint density at radius 2 is 1.97 bits per heavy atom. The van der Waals surface area contributed by atoms with Crippen LogP contribution in [0.5, 0.6) is 0 Å². The number of para-hydroxylation sites is 1. The quantitative estimate of drug-likeness (QED) is 0.404. The van der Waals surface area contributed by atoms with Crippen molar-refractivity contribution in [1.29, 1.82) is 0 Å². The maximum absolute atomic E-state index is 12.8. The fraction of sp³-hybridized carbons (Fsp3) is 0.190. The lowest BCUT2D eigenvalue weighted by molar-refractivity contribution is -0.112. The number of ketones is 1. The molecule has 1 amide bonds. The number of amides is 1. The van der Waals surface area contributed by atoms with Gasteiger partial charge in [-0.2, -0.15) is 0 Å². The number of nitrogens with one attached hydrogen (secondary N) is 2. The molecular weight excluding hydrogens is 368 g/mol. The van der Waals surface area contributed by atoms with Crippen LogP contribution in [0.15, 0.2) is 48.5 Å². The lowest BCUT2D eigenvalue weighted by Crippen LogP contribution is -2.23. The second kappa shape index (κ2) is 6.66.